The van der Waals surface area contributed by atoms with Crippen LogP contribution in [-0.4, -0.2) is 11.8 Å². The van der Waals surface area contributed by atoms with Crippen LogP contribution in [0.1, 0.15) is 20.7 Å². The third kappa shape index (κ3) is 4.23. The maximum atomic E-state index is 12.7. The third-order valence-electron chi connectivity index (χ3n) is 3.63. The Hall–Kier alpha value is -2.82. The number of carbonyl (C=O) groups excluding carboxylic acids is 2. The molecule has 0 radical (unpaired) electrons. The van der Waals surface area contributed by atoms with Crippen molar-refractivity contribution < 1.29 is 9.59 Å². The van der Waals surface area contributed by atoms with Crippen LogP contribution < -0.4 is 10.6 Å². The van der Waals surface area contributed by atoms with E-state index in [-0.39, 0.29) is 5.91 Å². The van der Waals surface area contributed by atoms with E-state index < -0.39 is 5.91 Å². The molecule has 2 amide bonds. The van der Waals surface area contributed by atoms with Gasteiger partial charge >= 0.3 is 0 Å². The summed E-state index contributed by atoms with van der Waals surface area (Å²) < 4.78 is 0. The molecule has 0 heterocycles. The van der Waals surface area contributed by atoms with Gasteiger partial charge in [0.25, 0.3) is 11.8 Å². The lowest BCUT2D eigenvalue weighted by atomic mass is 10.1. The summed E-state index contributed by atoms with van der Waals surface area (Å²) in [4.78, 5) is 25.0. The van der Waals surface area contributed by atoms with Crippen LogP contribution in [0.3, 0.4) is 0 Å². The lowest BCUT2D eigenvalue weighted by Gasteiger charge is -2.12. The molecule has 0 aliphatic carbocycles. The van der Waals surface area contributed by atoms with Gasteiger partial charge in [0.1, 0.15) is 0 Å². The molecule has 3 aromatic carbocycles. The molecule has 3 aromatic rings. The fourth-order valence-electron chi connectivity index (χ4n) is 2.36. The minimum Gasteiger partial charge on any atom is -0.321 e. The molecule has 2 N–H and O–H groups in total. The largest absolute Gasteiger partial charge is 0.321 e. The Morgan fingerprint density at radius 1 is 0.692 bits per heavy atom. The SMILES string of the molecule is O=C(Nc1ccccc1C(=O)Nc1cc(Cl)ccc1Cl)c1ccccc1. The van der Waals surface area contributed by atoms with Gasteiger partial charge in [-0.25, -0.2) is 0 Å². The van der Waals surface area contributed by atoms with Crippen molar-refractivity contribution in [1.29, 1.82) is 0 Å². The molecule has 0 fully saturated rings. The average molecular weight is 385 g/mol. The molecule has 0 aliphatic heterocycles. The van der Waals surface area contributed by atoms with Gasteiger partial charge in [-0.3, -0.25) is 9.59 Å². The van der Waals surface area contributed by atoms with Crippen molar-refractivity contribution in [3.63, 3.8) is 0 Å². The van der Waals surface area contributed by atoms with Gasteiger partial charge in [0.15, 0.2) is 0 Å². The van der Waals surface area contributed by atoms with Crippen molar-refractivity contribution in [2.24, 2.45) is 0 Å². The third-order valence-corrected chi connectivity index (χ3v) is 4.20. The maximum absolute atomic E-state index is 12.7. The molecule has 0 saturated heterocycles. The fourth-order valence-corrected chi connectivity index (χ4v) is 2.69. The molecule has 0 aromatic heterocycles. The van der Waals surface area contributed by atoms with E-state index in [1.54, 1.807) is 66.7 Å². The van der Waals surface area contributed by atoms with E-state index in [0.717, 1.165) is 0 Å². The molecular formula is C20H14Cl2N2O2. The van der Waals surface area contributed by atoms with Crippen LogP contribution in [0, 0.1) is 0 Å². The van der Waals surface area contributed by atoms with Crippen molar-refractivity contribution in [3.8, 4) is 0 Å². The second-order valence-electron chi connectivity index (χ2n) is 5.44. The first-order chi connectivity index (χ1) is 12.5. The van der Waals surface area contributed by atoms with Crippen LogP contribution in [0.25, 0.3) is 0 Å². The first-order valence-electron chi connectivity index (χ1n) is 7.76. The van der Waals surface area contributed by atoms with Gasteiger partial charge in [-0.2, -0.15) is 0 Å². The zero-order chi connectivity index (χ0) is 18.5. The summed E-state index contributed by atoms with van der Waals surface area (Å²) >= 11 is 12.0. The molecule has 130 valence electrons. The number of hydrogen-bond donors (Lipinski definition) is 2. The number of benzene rings is 3. The van der Waals surface area contributed by atoms with Gasteiger partial charge in [-0.1, -0.05) is 53.5 Å². The van der Waals surface area contributed by atoms with Crippen molar-refractivity contribution in [2.75, 3.05) is 10.6 Å². The average Bonchev–Trinajstić information content (AvgIpc) is 2.66. The Bertz CT molecular complexity index is 959. The smallest absolute Gasteiger partial charge is 0.257 e. The monoisotopic (exact) mass is 384 g/mol. The fraction of sp³-hybridized carbons (Fsp3) is 0. The van der Waals surface area contributed by atoms with E-state index in [2.05, 4.69) is 10.6 Å². The highest BCUT2D eigenvalue weighted by Gasteiger charge is 2.15. The number of anilines is 2. The topological polar surface area (TPSA) is 58.2 Å². The molecule has 0 aliphatic rings. The van der Waals surface area contributed by atoms with Crippen LogP contribution in [0.2, 0.25) is 10.0 Å². The summed E-state index contributed by atoms with van der Waals surface area (Å²) in [6.45, 7) is 0. The maximum Gasteiger partial charge on any atom is 0.257 e. The van der Waals surface area contributed by atoms with Crippen LogP contribution in [0.15, 0.2) is 72.8 Å². The van der Waals surface area contributed by atoms with E-state index in [0.29, 0.717) is 32.5 Å². The van der Waals surface area contributed by atoms with Gasteiger partial charge < -0.3 is 10.6 Å². The summed E-state index contributed by atoms with van der Waals surface area (Å²) in [5, 5.41) is 6.30. The van der Waals surface area contributed by atoms with E-state index in [1.807, 2.05) is 6.07 Å². The lowest BCUT2D eigenvalue weighted by Crippen LogP contribution is -2.18. The van der Waals surface area contributed by atoms with Gasteiger partial charge in [-0.05, 0) is 42.5 Å². The molecule has 4 nitrogen and oxygen atoms in total. The summed E-state index contributed by atoms with van der Waals surface area (Å²) in [7, 11) is 0. The molecule has 0 spiro atoms. The zero-order valence-corrected chi connectivity index (χ0v) is 15.0. The van der Waals surface area contributed by atoms with E-state index in [4.69, 9.17) is 23.2 Å². The highest BCUT2D eigenvalue weighted by atomic mass is 35.5. The molecule has 0 saturated carbocycles. The molecule has 0 atom stereocenters. The number of nitrogens with one attached hydrogen (secondary N) is 2. The van der Waals surface area contributed by atoms with Crippen molar-refractivity contribution in [3.05, 3.63) is 94.0 Å². The molecule has 6 heteroatoms. The van der Waals surface area contributed by atoms with Gasteiger partial charge in [-0.15, -0.1) is 0 Å². The standard InChI is InChI=1S/C20H14Cl2N2O2/c21-14-10-11-16(22)18(12-14)24-20(26)15-8-4-5-9-17(15)23-19(25)13-6-2-1-3-7-13/h1-12H,(H,23,25)(H,24,26). The summed E-state index contributed by atoms with van der Waals surface area (Å²) in [6, 6.07) is 20.3. The molecule has 0 bridgehead atoms. The van der Waals surface area contributed by atoms with E-state index in [1.165, 1.54) is 0 Å². The van der Waals surface area contributed by atoms with Crippen LogP contribution in [0.4, 0.5) is 11.4 Å². The normalized spacial score (nSPS) is 10.2. The zero-order valence-electron chi connectivity index (χ0n) is 13.5. The number of hydrogen-bond acceptors (Lipinski definition) is 2. The number of carbonyl (C=O) groups is 2. The van der Waals surface area contributed by atoms with Crippen LogP contribution in [0.5, 0.6) is 0 Å². The predicted octanol–water partition coefficient (Wildman–Crippen LogP) is 5.50. The first-order valence-corrected chi connectivity index (χ1v) is 8.52. The van der Waals surface area contributed by atoms with Crippen LogP contribution >= 0.6 is 23.2 Å². The molecule has 0 unspecified atom stereocenters. The van der Waals surface area contributed by atoms with Crippen molar-refractivity contribution >= 4 is 46.4 Å². The highest BCUT2D eigenvalue weighted by molar-refractivity contribution is 6.36. The molecule has 26 heavy (non-hydrogen) atoms. The summed E-state index contributed by atoms with van der Waals surface area (Å²) in [6.07, 6.45) is 0. The Morgan fingerprint density at radius 3 is 2.12 bits per heavy atom. The summed E-state index contributed by atoms with van der Waals surface area (Å²) in [5.41, 5.74) is 1.61. The molecular weight excluding hydrogens is 371 g/mol. The second kappa shape index (κ2) is 8.04. The van der Waals surface area contributed by atoms with Gasteiger partial charge in [0.2, 0.25) is 0 Å². The highest BCUT2D eigenvalue weighted by Crippen LogP contribution is 2.27. The van der Waals surface area contributed by atoms with E-state index in [9.17, 15) is 9.59 Å². The Morgan fingerprint density at radius 2 is 1.35 bits per heavy atom. The van der Waals surface area contributed by atoms with Gasteiger partial charge in [0, 0.05) is 10.6 Å². The van der Waals surface area contributed by atoms with Crippen molar-refractivity contribution in [2.45, 2.75) is 0 Å². The Labute approximate surface area is 160 Å². The minimum atomic E-state index is -0.405. The molecule has 3 rings (SSSR count). The summed E-state index contributed by atoms with van der Waals surface area (Å²) in [5.74, 6) is -0.704. The van der Waals surface area contributed by atoms with Gasteiger partial charge in [0.05, 0.1) is 22.0 Å². The van der Waals surface area contributed by atoms with E-state index >= 15 is 0 Å². The minimum absolute atomic E-state index is 0.299. The van der Waals surface area contributed by atoms with Crippen LogP contribution in [-0.2, 0) is 0 Å². The second-order valence-corrected chi connectivity index (χ2v) is 6.29. The Kier molecular flexibility index (Phi) is 5.56. The lowest BCUT2D eigenvalue weighted by molar-refractivity contribution is 0.102. The Balaban J connectivity index is 1.83. The first kappa shape index (κ1) is 18.0. The van der Waals surface area contributed by atoms with Crippen molar-refractivity contribution in [1.82, 2.24) is 0 Å². The number of rotatable bonds is 4. The number of halogens is 2. The quantitative estimate of drug-likeness (QED) is 0.623. The predicted molar refractivity (Wildman–Crippen MR) is 105 cm³/mol. The number of para-hydroxylation sites is 1. The number of amides is 2.